The SMILES string of the molecule is CSc1ccc(NC(=O)/C(=C/c2ccccc2C)NC(=O)c2ccccc2)cc1. The molecule has 0 heterocycles. The van der Waals surface area contributed by atoms with Gasteiger partial charge >= 0.3 is 0 Å². The summed E-state index contributed by atoms with van der Waals surface area (Å²) in [6.07, 6.45) is 3.69. The second-order valence-electron chi connectivity index (χ2n) is 6.42. The lowest BCUT2D eigenvalue weighted by Crippen LogP contribution is -2.30. The molecule has 0 aliphatic heterocycles. The first-order valence-corrected chi connectivity index (χ1v) is 10.4. The number of rotatable bonds is 6. The summed E-state index contributed by atoms with van der Waals surface area (Å²) in [6, 6.07) is 24.1. The Balaban J connectivity index is 1.88. The zero-order chi connectivity index (χ0) is 20.6. The molecule has 0 spiro atoms. The van der Waals surface area contributed by atoms with Crippen molar-refractivity contribution in [3.63, 3.8) is 0 Å². The van der Waals surface area contributed by atoms with Crippen LogP contribution in [0.2, 0.25) is 0 Å². The van der Waals surface area contributed by atoms with Crippen LogP contribution in [0, 0.1) is 6.92 Å². The summed E-state index contributed by atoms with van der Waals surface area (Å²) in [5.74, 6) is -0.715. The van der Waals surface area contributed by atoms with E-state index < -0.39 is 0 Å². The molecule has 29 heavy (non-hydrogen) atoms. The molecule has 3 rings (SSSR count). The Morgan fingerprint density at radius 1 is 0.862 bits per heavy atom. The Morgan fingerprint density at radius 2 is 1.52 bits per heavy atom. The Labute approximate surface area is 175 Å². The van der Waals surface area contributed by atoms with Gasteiger partial charge in [0.15, 0.2) is 0 Å². The lowest BCUT2D eigenvalue weighted by Gasteiger charge is -2.12. The molecule has 0 aliphatic rings. The Bertz CT molecular complexity index is 1030. The van der Waals surface area contributed by atoms with E-state index in [2.05, 4.69) is 10.6 Å². The van der Waals surface area contributed by atoms with Crippen LogP contribution in [0.1, 0.15) is 21.5 Å². The third kappa shape index (κ3) is 5.59. The Morgan fingerprint density at radius 3 is 2.17 bits per heavy atom. The maximum atomic E-state index is 13.0. The van der Waals surface area contributed by atoms with E-state index in [4.69, 9.17) is 0 Å². The number of nitrogens with one attached hydrogen (secondary N) is 2. The Hall–Kier alpha value is -3.31. The first-order chi connectivity index (χ1) is 14.1. The highest BCUT2D eigenvalue weighted by Crippen LogP contribution is 2.18. The van der Waals surface area contributed by atoms with Gasteiger partial charge in [-0.15, -0.1) is 11.8 Å². The number of anilines is 1. The molecule has 0 saturated carbocycles. The number of hydrogen-bond donors (Lipinski definition) is 2. The zero-order valence-electron chi connectivity index (χ0n) is 16.3. The van der Waals surface area contributed by atoms with Crippen molar-refractivity contribution in [3.8, 4) is 0 Å². The van der Waals surface area contributed by atoms with Crippen molar-refractivity contribution in [2.24, 2.45) is 0 Å². The van der Waals surface area contributed by atoms with Gasteiger partial charge in [0.2, 0.25) is 0 Å². The van der Waals surface area contributed by atoms with Crippen molar-refractivity contribution >= 4 is 35.3 Å². The van der Waals surface area contributed by atoms with Gasteiger partial charge in [-0.05, 0) is 66.8 Å². The highest BCUT2D eigenvalue weighted by Gasteiger charge is 2.15. The number of aryl methyl sites for hydroxylation is 1. The maximum Gasteiger partial charge on any atom is 0.272 e. The fourth-order valence-electron chi connectivity index (χ4n) is 2.72. The maximum absolute atomic E-state index is 13.0. The van der Waals surface area contributed by atoms with E-state index in [1.165, 1.54) is 0 Å². The molecule has 0 fully saturated rings. The van der Waals surface area contributed by atoms with Crippen molar-refractivity contribution in [2.45, 2.75) is 11.8 Å². The summed E-state index contributed by atoms with van der Waals surface area (Å²) in [5, 5.41) is 5.62. The third-order valence-electron chi connectivity index (χ3n) is 4.36. The molecule has 2 N–H and O–H groups in total. The molecule has 0 radical (unpaired) electrons. The van der Waals surface area contributed by atoms with Crippen LogP contribution in [0.4, 0.5) is 5.69 Å². The van der Waals surface area contributed by atoms with E-state index in [0.29, 0.717) is 11.3 Å². The topological polar surface area (TPSA) is 58.2 Å². The monoisotopic (exact) mass is 402 g/mol. The quantitative estimate of drug-likeness (QED) is 0.444. The summed E-state index contributed by atoms with van der Waals surface area (Å²) < 4.78 is 0. The fraction of sp³-hybridized carbons (Fsp3) is 0.0833. The average Bonchev–Trinajstić information content (AvgIpc) is 2.75. The van der Waals surface area contributed by atoms with Gasteiger partial charge in [0.25, 0.3) is 11.8 Å². The van der Waals surface area contributed by atoms with E-state index in [9.17, 15) is 9.59 Å². The van der Waals surface area contributed by atoms with Gasteiger partial charge in [-0.3, -0.25) is 9.59 Å². The molecular formula is C24H22N2O2S. The molecule has 0 unspecified atom stereocenters. The minimum atomic E-state index is -0.380. The molecule has 4 nitrogen and oxygen atoms in total. The van der Waals surface area contributed by atoms with Gasteiger partial charge in [0.05, 0.1) is 0 Å². The first kappa shape index (κ1) is 20.4. The number of benzene rings is 3. The number of carbonyl (C=O) groups excluding carboxylic acids is 2. The summed E-state index contributed by atoms with van der Waals surface area (Å²) in [5.41, 5.74) is 3.21. The normalized spacial score (nSPS) is 11.0. The predicted octanol–water partition coefficient (Wildman–Crippen LogP) is 5.13. The van der Waals surface area contributed by atoms with Crippen LogP contribution >= 0.6 is 11.8 Å². The van der Waals surface area contributed by atoms with Crippen LogP contribution in [-0.2, 0) is 4.79 Å². The van der Waals surface area contributed by atoms with Crippen molar-refractivity contribution in [1.29, 1.82) is 0 Å². The van der Waals surface area contributed by atoms with Crippen molar-refractivity contribution in [1.82, 2.24) is 5.32 Å². The highest BCUT2D eigenvalue weighted by atomic mass is 32.2. The van der Waals surface area contributed by atoms with E-state index in [-0.39, 0.29) is 17.5 Å². The predicted molar refractivity (Wildman–Crippen MR) is 120 cm³/mol. The summed E-state index contributed by atoms with van der Waals surface area (Å²) >= 11 is 1.63. The summed E-state index contributed by atoms with van der Waals surface area (Å²) in [4.78, 5) is 26.7. The molecule has 0 aliphatic carbocycles. The van der Waals surface area contributed by atoms with Crippen molar-refractivity contribution in [3.05, 3.63) is 101 Å². The second kappa shape index (κ2) is 9.75. The summed E-state index contributed by atoms with van der Waals surface area (Å²) in [7, 11) is 0. The van der Waals surface area contributed by atoms with E-state index in [1.807, 2.05) is 67.8 Å². The molecule has 0 aromatic heterocycles. The molecule has 3 aromatic carbocycles. The minimum Gasteiger partial charge on any atom is -0.321 e. The molecule has 3 aromatic rings. The first-order valence-electron chi connectivity index (χ1n) is 9.16. The standard InChI is InChI=1S/C24H22N2O2S/c1-17-8-6-7-11-19(17)16-22(26-23(27)18-9-4-3-5-10-18)24(28)25-20-12-14-21(29-2)15-13-20/h3-16H,1-2H3,(H,25,28)(H,26,27)/b22-16-. The molecule has 0 atom stereocenters. The number of hydrogen-bond acceptors (Lipinski definition) is 3. The van der Waals surface area contributed by atoms with Crippen molar-refractivity contribution < 1.29 is 9.59 Å². The van der Waals surface area contributed by atoms with Crippen LogP contribution in [-0.4, -0.2) is 18.1 Å². The molecule has 0 saturated heterocycles. The van der Waals surface area contributed by atoms with Crippen LogP contribution in [0.25, 0.3) is 6.08 Å². The number of thioether (sulfide) groups is 1. The van der Waals surface area contributed by atoms with Crippen LogP contribution in [0.15, 0.2) is 89.5 Å². The van der Waals surface area contributed by atoms with E-state index in [0.717, 1.165) is 16.0 Å². The van der Waals surface area contributed by atoms with Crippen LogP contribution in [0.3, 0.4) is 0 Å². The van der Waals surface area contributed by atoms with Gasteiger partial charge in [-0.1, -0.05) is 42.5 Å². The summed E-state index contributed by atoms with van der Waals surface area (Å²) in [6.45, 7) is 1.96. The van der Waals surface area contributed by atoms with Gasteiger partial charge in [-0.25, -0.2) is 0 Å². The van der Waals surface area contributed by atoms with Gasteiger partial charge in [0, 0.05) is 16.1 Å². The van der Waals surface area contributed by atoms with Crippen LogP contribution in [0.5, 0.6) is 0 Å². The largest absolute Gasteiger partial charge is 0.321 e. The fourth-order valence-corrected chi connectivity index (χ4v) is 3.13. The molecule has 5 heteroatoms. The average molecular weight is 403 g/mol. The number of carbonyl (C=O) groups is 2. The van der Waals surface area contributed by atoms with Gasteiger partial charge < -0.3 is 10.6 Å². The van der Waals surface area contributed by atoms with Gasteiger partial charge in [0.1, 0.15) is 5.70 Å². The van der Waals surface area contributed by atoms with Gasteiger partial charge in [-0.2, -0.15) is 0 Å². The highest BCUT2D eigenvalue weighted by molar-refractivity contribution is 7.98. The second-order valence-corrected chi connectivity index (χ2v) is 7.30. The van der Waals surface area contributed by atoms with E-state index in [1.54, 1.807) is 42.1 Å². The lowest BCUT2D eigenvalue weighted by atomic mass is 10.1. The third-order valence-corrected chi connectivity index (χ3v) is 5.11. The minimum absolute atomic E-state index is 0.182. The molecule has 146 valence electrons. The van der Waals surface area contributed by atoms with E-state index >= 15 is 0 Å². The smallest absolute Gasteiger partial charge is 0.272 e. The molecule has 2 amide bonds. The zero-order valence-corrected chi connectivity index (χ0v) is 17.1. The molecular weight excluding hydrogens is 380 g/mol. The lowest BCUT2D eigenvalue weighted by molar-refractivity contribution is -0.113. The Kier molecular flexibility index (Phi) is 6.87. The van der Waals surface area contributed by atoms with Crippen molar-refractivity contribution in [2.75, 3.05) is 11.6 Å². The molecule has 0 bridgehead atoms. The van der Waals surface area contributed by atoms with Crippen LogP contribution < -0.4 is 10.6 Å². The number of amides is 2.